The van der Waals surface area contributed by atoms with Gasteiger partial charge in [-0.3, -0.25) is 4.99 Å². The van der Waals surface area contributed by atoms with Crippen molar-refractivity contribution in [3.63, 3.8) is 0 Å². The molecule has 0 aliphatic heterocycles. The second-order valence-electron chi connectivity index (χ2n) is 13.8. The lowest BCUT2D eigenvalue weighted by molar-refractivity contribution is 0.639. The van der Waals surface area contributed by atoms with E-state index in [1.54, 1.807) is 0 Å². The summed E-state index contributed by atoms with van der Waals surface area (Å²) in [5, 5.41) is 2.84. The Balaban J connectivity index is 0.000000173. The molecule has 0 fully saturated rings. The standard InChI is InChI=1S/C29H26.C15H15N/c1-17-9-11-18(12-10-17)20-15-23-26-24(16-20)29(4,5)22-14-13-19-7-6-8-21(28(23,2)3)25(19)27(22)26;1-12-8-6-7-11-15(12)16-13(2)14-9-4-3-5-10-14/h6-16H,1-5H3;3-11H,1-2H3. The molecule has 6 aromatic rings. The number of nitrogens with zero attached hydrogens (tertiary/aromatic N) is 1. The van der Waals surface area contributed by atoms with Gasteiger partial charge in [0.2, 0.25) is 0 Å². The molecule has 0 unspecified atom stereocenters. The fourth-order valence-electron chi connectivity index (χ4n) is 7.39. The van der Waals surface area contributed by atoms with E-state index >= 15 is 0 Å². The van der Waals surface area contributed by atoms with Gasteiger partial charge in [0.1, 0.15) is 0 Å². The van der Waals surface area contributed by atoms with Crippen molar-refractivity contribution < 1.29 is 0 Å². The van der Waals surface area contributed by atoms with Crippen molar-refractivity contribution in [2.75, 3.05) is 0 Å². The first-order valence-corrected chi connectivity index (χ1v) is 16.1. The van der Waals surface area contributed by atoms with Crippen LogP contribution in [-0.4, -0.2) is 5.71 Å². The van der Waals surface area contributed by atoms with Gasteiger partial charge in [0.25, 0.3) is 0 Å². The van der Waals surface area contributed by atoms with Gasteiger partial charge in [-0.1, -0.05) is 136 Å². The molecule has 2 aliphatic rings. The third-order valence-electron chi connectivity index (χ3n) is 10.1. The first-order valence-electron chi connectivity index (χ1n) is 16.1. The van der Waals surface area contributed by atoms with Gasteiger partial charge in [0, 0.05) is 16.5 Å². The van der Waals surface area contributed by atoms with Crippen LogP contribution in [0.4, 0.5) is 5.69 Å². The lowest BCUT2D eigenvalue weighted by Crippen LogP contribution is -2.24. The van der Waals surface area contributed by atoms with Crippen LogP contribution in [0.3, 0.4) is 0 Å². The maximum Gasteiger partial charge on any atom is 0.0662 e. The minimum Gasteiger partial charge on any atom is -0.253 e. The summed E-state index contributed by atoms with van der Waals surface area (Å²) in [6.45, 7) is 15.9. The lowest BCUT2D eigenvalue weighted by Gasteiger charge is -2.35. The maximum atomic E-state index is 4.65. The van der Waals surface area contributed by atoms with Gasteiger partial charge in [-0.25, -0.2) is 0 Å². The predicted molar refractivity (Wildman–Crippen MR) is 193 cm³/mol. The van der Waals surface area contributed by atoms with Crippen molar-refractivity contribution in [1.82, 2.24) is 0 Å². The highest BCUT2D eigenvalue weighted by Gasteiger charge is 2.44. The van der Waals surface area contributed by atoms with Crippen LogP contribution in [0.2, 0.25) is 0 Å². The Kier molecular flexibility index (Phi) is 6.89. The highest BCUT2D eigenvalue weighted by molar-refractivity contribution is 6.08. The summed E-state index contributed by atoms with van der Waals surface area (Å²) in [7, 11) is 0. The van der Waals surface area contributed by atoms with E-state index in [2.05, 4.69) is 131 Å². The van der Waals surface area contributed by atoms with E-state index in [0.717, 1.165) is 11.4 Å². The number of hydrogen-bond donors (Lipinski definition) is 0. The largest absolute Gasteiger partial charge is 0.253 e. The molecule has 0 N–H and O–H groups in total. The molecule has 0 amide bonds. The molecule has 0 heterocycles. The van der Waals surface area contributed by atoms with Crippen molar-refractivity contribution in [3.8, 4) is 22.3 Å². The van der Waals surface area contributed by atoms with Gasteiger partial charge in [0.15, 0.2) is 0 Å². The Hall–Kier alpha value is -4.75. The van der Waals surface area contributed by atoms with Crippen LogP contribution in [0.1, 0.15) is 73.6 Å². The van der Waals surface area contributed by atoms with Crippen LogP contribution in [0, 0.1) is 13.8 Å². The SMILES string of the molecule is CC(=Nc1ccccc1C)c1ccccc1.Cc1ccc(-c2cc3c4c(c2)C(C)(C)c2cccc5ccc(c-4c25)C3(C)C)cc1. The number of rotatable bonds is 3. The average Bonchev–Trinajstić information content (AvgIpc) is 3.28. The number of aliphatic imine (C=N–C) groups is 1. The van der Waals surface area contributed by atoms with Crippen LogP contribution in [0.5, 0.6) is 0 Å². The van der Waals surface area contributed by atoms with E-state index < -0.39 is 0 Å². The fourth-order valence-corrected chi connectivity index (χ4v) is 7.39. The smallest absolute Gasteiger partial charge is 0.0662 e. The van der Waals surface area contributed by atoms with Crippen molar-refractivity contribution >= 4 is 22.2 Å². The minimum absolute atomic E-state index is 0.0157. The van der Waals surface area contributed by atoms with Crippen molar-refractivity contribution in [2.45, 2.75) is 59.3 Å². The van der Waals surface area contributed by atoms with E-state index in [1.165, 1.54) is 72.0 Å². The molecule has 0 saturated heterocycles. The highest BCUT2D eigenvalue weighted by Crippen LogP contribution is 2.60. The first-order chi connectivity index (χ1) is 21.6. The second-order valence-corrected chi connectivity index (χ2v) is 13.8. The summed E-state index contributed by atoms with van der Waals surface area (Å²) in [5.74, 6) is 0. The normalized spacial score (nSPS) is 15.0. The topological polar surface area (TPSA) is 12.4 Å². The summed E-state index contributed by atoms with van der Waals surface area (Å²) in [6, 6.07) is 43.8. The Labute approximate surface area is 268 Å². The Bertz CT molecular complexity index is 2110. The van der Waals surface area contributed by atoms with Crippen LogP contribution in [-0.2, 0) is 10.8 Å². The van der Waals surface area contributed by atoms with Gasteiger partial charge in [-0.05, 0) is 105 Å². The van der Waals surface area contributed by atoms with Crippen LogP contribution in [0.15, 0.2) is 126 Å². The van der Waals surface area contributed by atoms with Gasteiger partial charge in [-0.2, -0.15) is 0 Å². The molecule has 0 radical (unpaired) electrons. The summed E-state index contributed by atoms with van der Waals surface area (Å²) in [6.07, 6.45) is 0. The Morgan fingerprint density at radius 1 is 0.533 bits per heavy atom. The molecule has 2 aliphatic carbocycles. The summed E-state index contributed by atoms with van der Waals surface area (Å²) in [5.41, 5.74) is 17.3. The predicted octanol–water partition coefficient (Wildman–Crippen LogP) is 11.9. The number of hydrogen-bond acceptors (Lipinski definition) is 1. The Morgan fingerprint density at radius 2 is 1.18 bits per heavy atom. The molecule has 0 atom stereocenters. The lowest BCUT2D eigenvalue weighted by atomic mass is 9.68. The van der Waals surface area contributed by atoms with Crippen molar-refractivity contribution in [2.24, 2.45) is 4.99 Å². The van der Waals surface area contributed by atoms with Gasteiger partial charge >= 0.3 is 0 Å². The monoisotopic (exact) mass is 583 g/mol. The summed E-state index contributed by atoms with van der Waals surface area (Å²) >= 11 is 0. The molecule has 1 heteroatoms. The molecule has 0 saturated carbocycles. The zero-order valence-corrected chi connectivity index (χ0v) is 27.5. The van der Waals surface area contributed by atoms with E-state index in [9.17, 15) is 0 Å². The third kappa shape index (κ3) is 4.73. The fraction of sp³-hybridized carbons (Fsp3) is 0.205. The molecule has 1 nitrogen and oxygen atoms in total. The number of benzene rings is 6. The molecule has 6 aromatic carbocycles. The van der Waals surface area contributed by atoms with Gasteiger partial charge < -0.3 is 0 Å². The van der Waals surface area contributed by atoms with Crippen LogP contribution >= 0.6 is 0 Å². The summed E-state index contributed by atoms with van der Waals surface area (Å²) in [4.78, 5) is 4.65. The molecule has 222 valence electrons. The molecule has 0 bridgehead atoms. The molecule has 8 rings (SSSR count). The van der Waals surface area contributed by atoms with Gasteiger partial charge in [-0.15, -0.1) is 0 Å². The van der Waals surface area contributed by atoms with Crippen LogP contribution in [0.25, 0.3) is 33.0 Å². The third-order valence-corrected chi connectivity index (χ3v) is 10.1. The first kappa shape index (κ1) is 29.0. The maximum absolute atomic E-state index is 4.65. The van der Waals surface area contributed by atoms with Gasteiger partial charge in [0.05, 0.1) is 5.69 Å². The van der Waals surface area contributed by atoms with E-state index in [0.29, 0.717) is 0 Å². The van der Waals surface area contributed by atoms with E-state index in [1.807, 2.05) is 43.3 Å². The van der Waals surface area contributed by atoms with E-state index in [4.69, 9.17) is 0 Å². The molecule has 0 spiro atoms. The number of aryl methyl sites for hydroxylation is 2. The summed E-state index contributed by atoms with van der Waals surface area (Å²) < 4.78 is 0. The number of para-hydroxylation sites is 1. The zero-order valence-electron chi connectivity index (χ0n) is 27.5. The van der Waals surface area contributed by atoms with Crippen LogP contribution < -0.4 is 0 Å². The Morgan fingerprint density at radius 3 is 1.87 bits per heavy atom. The minimum atomic E-state index is -0.0175. The highest BCUT2D eigenvalue weighted by atomic mass is 14.7. The van der Waals surface area contributed by atoms with Crippen molar-refractivity contribution in [1.29, 1.82) is 0 Å². The quantitative estimate of drug-likeness (QED) is 0.184. The second kappa shape index (κ2) is 10.7. The molecule has 0 aromatic heterocycles. The average molecular weight is 584 g/mol. The van der Waals surface area contributed by atoms with E-state index in [-0.39, 0.29) is 10.8 Å². The molecule has 45 heavy (non-hydrogen) atoms. The molecular weight excluding hydrogens is 542 g/mol. The van der Waals surface area contributed by atoms with Crippen molar-refractivity contribution in [3.05, 3.63) is 160 Å². The zero-order chi connectivity index (χ0) is 31.5. The molecular formula is C44H41N.